The van der Waals surface area contributed by atoms with Crippen LogP contribution in [0.5, 0.6) is 0 Å². The number of nitrogens with zero attached hydrogens (tertiary/aromatic N) is 2. The van der Waals surface area contributed by atoms with Gasteiger partial charge in [0, 0.05) is 19.2 Å². The van der Waals surface area contributed by atoms with Crippen LogP contribution in [-0.4, -0.2) is 23.1 Å². The Morgan fingerprint density at radius 3 is 2.42 bits per heavy atom. The van der Waals surface area contributed by atoms with Gasteiger partial charge in [-0.3, -0.25) is 10.1 Å². The molecule has 19 heavy (non-hydrogen) atoms. The SMILES string of the molecule is CCN(CC(C)C)c1ccc(C(C)O)cc1[N+](=O)[O-]. The number of hydrogen-bond donors (Lipinski definition) is 1. The molecule has 0 fully saturated rings. The maximum absolute atomic E-state index is 11.2. The van der Waals surface area contributed by atoms with Crippen molar-refractivity contribution >= 4 is 11.4 Å². The fourth-order valence-electron chi connectivity index (χ4n) is 2.05. The van der Waals surface area contributed by atoms with E-state index < -0.39 is 6.10 Å². The van der Waals surface area contributed by atoms with Crippen LogP contribution in [0.2, 0.25) is 0 Å². The van der Waals surface area contributed by atoms with E-state index in [0.29, 0.717) is 23.7 Å². The Hall–Kier alpha value is -1.62. The second kappa shape index (κ2) is 6.52. The topological polar surface area (TPSA) is 66.6 Å². The minimum atomic E-state index is -0.701. The lowest BCUT2D eigenvalue weighted by Crippen LogP contribution is -2.27. The number of nitro benzene ring substituents is 1. The summed E-state index contributed by atoms with van der Waals surface area (Å²) >= 11 is 0. The van der Waals surface area contributed by atoms with Crippen molar-refractivity contribution < 1.29 is 10.0 Å². The van der Waals surface area contributed by atoms with Crippen LogP contribution in [-0.2, 0) is 0 Å². The Bertz CT molecular complexity index is 444. The zero-order valence-corrected chi connectivity index (χ0v) is 12.0. The lowest BCUT2D eigenvalue weighted by molar-refractivity contribution is -0.384. The van der Waals surface area contributed by atoms with E-state index in [2.05, 4.69) is 13.8 Å². The average molecular weight is 266 g/mol. The monoisotopic (exact) mass is 266 g/mol. The number of nitro groups is 1. The zero-order valence-electron chi connectivity index (χ0n) is 12.0. The highest BCUT2D eigenvalue weighted by molar-refractivity contribution is 5.64. The predicted octanol–water partition coefficient (Wildman–Crippen LogP) is 3.13. The Morgan fingerprint density at radius 1 is 1.37 bits per heavy atom. The van der Waals surface area contributed by atoms with E-state index in [1.54, 1.807) is 19.1 Å². The van der Waals surface area contributed by atoms with Gasteiger partial charge >= 0.3 is 0 Å². The summed E-state index contributed by atoms with van der Waals surface area (Å²) in [6, 6.07) is 4.94. The molecule has 1 aromatic rings. The molecule has 0 heterocycles. The van der Waals surface area contributed by atoms with Crippen LogP contribution in [0.15, 0.2) is 18.2 Å². The van der Waals surface area contributed by atoms with Gasteiger partial charge < -0.3 is 10.0 Å². The van der Waals surface area contributed by atoms with Gasteiger partial charge in [-0.05, 0) is 31.4 Å². The minimum Gasteiger partial charge on any atom is -0.389 e. The maximum atomic E-state index is 11.2. The third kappa shape index (κ3) is 3.92. The van der Waals surface area contributed by atoms with Crippen molar-refractivity contribution in [3.05, 3.63) is 33.9 Å². The third-order valence-electron chi connectivity index (χ3n) is 2.99. The second-order valence-corrected chi connectivity index (χ2v) is 5.11. The van der Waals surface area contributed by atoms with Crippen LogP contribution < -0.4 is 4.90 Å². The smallest absolute Gasteiger partial charge is 0.292 e. The van der Waals surface area contributed by atoms with E-state index in [-0.39, 0.29) is 10.6 Å². The molecule has 0 aliphatic rings. The summed E-state index contributed by atoms with van der Waals surface area (Å²) in [5, 5.41) is 20.7. The molecule has 1 N–H and O–H groups in total. The molecule has 1 unspecified atom stereocenters. The van der Waals surface area contributed by atoms with Gasteiger partial charge in [-0.2, -0.15) is 0 Å². The van der Waals surface area contributed by atoms with Crippen molar-refractivity contribution in [2.45, 2.75) is 33.8 Å². The largest absolute Gasteiger partial charge is 0.389 e. The summed E-state index contributed by atoms with van der Waals surface area (Å²) in [7, 11) is 0. The highest BCUT2D eigenvalue weighted by atomic mass is 16.6. The van der Waals surface area contributed by atoms with Gasteiger partial charge in [-0.15, -0.1) is 0 Å². The molecule has 1 atom stereocenters. The quantitative estimate of drug-likeness (QED) is 0.634. The van der Waals surface area contributed by atoms with Crippen LogP contribution >= 0.6 is 0 Å². The molecule has 5 nitrogen and oxygen atoms in total. The molecule has 0 aliphatic heterocycles. The number of aliphatic hydroxyl groups is 1. The third-order valence-corrected chi connectivity index (χ3v) is 2.99. The normalized spacial score (nSPS) is 12.5. The zero-order chi connectivity index (χ0) is 14.6. The predicted molar refractivity (Wildman–Crippen MR) is 76.5 cm³/mol. The van der Waals surface area contributed by atoms with E-state index >= 15 is 0 Å². The molecular formula is C14H22N2O3. The average Bonchev–Trinajstić information content (AvgIpc) is 2.34. The number of aliphatic hydroxyl groups excluding tert-OH is 1. The van der Waals surface area contributed by atoms with Crippen LogP contribution in [0.1, 0.15) is 39.4 Å². The van der Waals surface area contributed by atoms with Crippen LogP contribution in [0.3, 0.4) is 0 Å². The van der Waals surface area contributed by atoms with Crippen molar-refractivity contribution in [1.82, 2.24) is 0 Å². The molecule has 0 spiro atoms. The van der Waals surface area contributed by atoms with E-state index in [0.717, 1.165) is 6.54 Å². The molecule has 0 radical (unpaired) electrons. The summed E-state index contributed by atoms with van der Waals surface area (Å²) < 4.78 is 0. The number of anilines is 1. The first kappa shape index (κ1) is 15.4. The molecule has 0 amide bonds. The van der Waals surface area contributed by atoms with Gasteiger partial charge in [0.2, 0.25) is 0 Å². The summed E-state index contributed by atoms with van der Waals surface area (Å²) in [5.74, 6) is 0.427. The standard InChI is InChI=1S/C14H22N2O3/c1-5-15(9-10(2)3)13-7-6-12(11(4)17)8-14(13)16(18)19/h6-8,10-11,17H,5,9H2,1-4H3. The molecule has 1 aromatic carbocycles. The Balaban J connectivity index is 3.21. The van der Waals surface area contributed by atoms with Crippen molar-refractivity contribution in [2.24, 2.45) is 5.92 Å². The second-order valence-electron chi connectivity index (χ2n) is 5.11. The first-order valence-electron chi connectivity index (χ1n) is 6.58. The van der Waals surface area contributed by atoms with Gasteiger partial charge in [-0.25, -0.2) is 0 Å². The molecular weight excluding hydrogens is 244 g/mol. The lowest BCUT2D eigenvalue weighted by Gasteiger charge is -2.25. The van der Waals surface area contributed by atoms with Crippen LogP contribution in [0, 0.1) is 16.0 Å². The Kier molecular flexibility index (Phi) is 5.30. The fourth-order valence-corrected chi connectivity index (χ4v) is 2.05. The van der Waals surface area contributed by atoms with Crippen molar-refractivity contribution in [2.75, 3.05) is 18.0 Å². The summed E-state index contributed by atoms with van der Waals surface area (Å²) in [5.41, 5.74) is 1.24. The minimum absolute atomic E-state index is 0.0564. The fraction of sp³-hybridized carbons (Fsp3) is 0.571. The summed E-state index contributed by atoms with van der Waals surface area (Å²) in [4.78, 5) is 12.8. The first-order chi connectivity index (χ1) is 8.86. The van der Waals surface area contributed by atoms with E-state index in [9.17, 15) is 15.2 Å². The first-order valence-corrected chi connectivity index (χ1v) is 6.58. The molecule has 0 aliphatic carbocycles. The van der Waals surface area contributed by atoms with E-state index in [4.69, 9.17) is 0 Å². The summed E-state index contributed by atoms with van der Waals surface area (Å²) in [6.07, 6.45) is -0.701. The summed E-state index contributed by atoms with van der Waals surface area (Å²) in [6.45, 7) is 9.23. The molecule has 1 rings (SSSR count). The van der Waals surface area contributed by atoms with Gasteiger partial charge in [-0.1, -0.05) is 19.9 Å². The van der Waals surface area contributed by atoms with Crippen molar-refractivity contribution in [1.29, 1.82) is 0 Å². The van der Waals surface area contributed by atoms with E-state index in [1.807, 2.05) is 11.8 Å². The highest BCUT2D eigenvalue weighted by Gasteiger charge is 2.20. The Morgan fingerprint density at radius 2 is 2.00 bits per heavy atom. The molecule has 106 valence electrons. The molecule has 0 aromatic heterocycles. The van der Waals surface area contributed by atoms with Gasteiger partial charge in [0.05, 0.1) is 11.0 Å². The van der Waals surface area contributed by atoms with Crippen LogP contribution in [0.25, 0.3) is 0 Å². The van der Waals surface area contributed by atoms with Gasteiger partial charge in [0.15, 0.2) is 0 Å². The van der Waals surface area contributed by atoms with Crippen LogP contribution in [0.4, 0.5) is 11.4 Å². The molecule has 0 saturated heterocycles. The lowest BCUT2D eigenvalue weighted by atomic mass is 10.1. The Labute approximate surface area is 114 Å². The number of rotatable bonds is 6. The molecule has 0 bridgehead atoms. The van der Waals surface area contributed by atoms with Gasteiger partial charge in [0.25, 0.3) is 5.69 Å². The number of benzene rings is 1. The molecule has 5 heteroatoms. The molecule has 0 saturated carbocycles. The van der Waals surface area contributed by atoms with Gasteiger partial charge in [0.1, 0.15) is 5.69 Å². The van der Waals surface area contributed by atoms with Crippen molar-refractivity contribution in [3.8, 4) is 0 Å². The number of hydrogen-bond acceptors (Lipinski definition) is 4. The van der Waals surface area contributed by atoms with E-state index in [1.165, 1.54) is 6.07 Å². The highest BCUT2D eigenvalue weighted by Crippen LogP contribution is 2.31. The van der Waals surface area contributed by atoms with Crippen molar-refractivity contribution in [3.63, 3.8) is 0 Å². The maximum Gasteiger partial charge on any atom is 0.292 e.